The Labute approximate surface area is 176 Å². The number of aromatic nitrogens is 3. The first-order valence-corrected chi connectivity index (χ1v) is 10.3. The third kappa shape index (κ3) is 6.61. The number of ether oxygens (including phenoxy) is 2. The van der Waals surface area contributed by atoms with E-state index < -0.39 is 0 Å². The van der Waals surface area contributed by atoms with Crippen LogP contribution < -0.4 is 15.4 Å². The van der Waals surface area contributed by atoms with Crippen LogP contribution in [0.25, 0.3) is 0 Å². The predicted octanol–water partition coefficient (Wildman–Crippen LogP) is 2.46. The molecule has 2 N–H and O–H groups in total. The molecule has 2 heterocycles. The number of guanidine groups is 1. The molecule has 9 heteroatoms. The highest BCUT2D eigenvalue weighted by atomic mass is 35.5. The smallest absolute Gasteiger partial charge is 0.191 e. The van der Waals surface area contributed by atoms with Gasteiger partial charge in [-0.05, 0) is 51.0 Å². The van der Waals surface area contributed by atoms with E-state index in [-0.39, 0.29) is 12.2 Å². The number of aliphatic imine (C=N–C) groups is 1. The normalized spacial score (nSPS) is 17.9. The van der Waals surface area contributed by atoms with Crippen molar-refractivity contribution in [3.05, 3.63) is 40.9 Å². The quantitative estimate of drug-likeness (QED) is 0.504. The number of halogens is 1. The third-order valence-electron chi connectivity index (χ3n) is 4.79. The lowest BCUT2D eigenvalue weighted by Crippen LogP contribution is -2.44. The summed E-state index contributed by atoms with van der Waals surface area (Å²) in [5.74, 6) is 3.16. The molecule has 8 nitrogen and oxygen atoms in total. The summed E-state index contributed by atoms with van der Waals surface area (Å²) < 4.78 is 13.6. The molecule has 1 fully saturated rings. The molecule has 1 aromatic heterocycles. The fourth-order valence-corrected chi connectivity index (χ4v) is 3.08. The lowest BCUT2D eigenvalue weighted by molar-refractivity contribution is 0.113. The van der Waals surface area contributed by atoms with Crippen LogP contribution in [0.5, 0.6) is 5.75 Å². The Morgan fingerprint density at radius 2 is 2.14 bits per heavy atom. The minimum atomic E-state index is -0.0528. The molecule has 2 atom stereocenters. The first-order chi connectivity index (χ1) is 14.0. The summed E-state index contributed by atoms with van der Waals surface area (Å²) in [4.78, 5) is 4.66. The lowest BCUT2D eigenvalue weighted by Gasteiger charge is -2.19. The number of rotatable bonds is 8. The summed E-state index contributed by atoms with van der Waals surface area (Å²) in [6, 6.07) is 7.35. The molecule has 2 unspecified atom stereocenters. The highest BCUT2D eigenvalue weighted by molar-refractivity contribution is 6.30. The summed E-state index contributed by atoms with van der Waals surface area (Å²) in [7, 11) is 1.94. The molecule has 0 amide bonds. The first-order valence-electron chi connectivity index (χ1n) is 9.92. The fraction of sp³-hybridized carbons (Fsp3) is 0.550. The summed E-state index contributed by atoms with van der Waals surface area (Å²) in [5, 5.41) is 15.7. The van der Waals surface area contributed by atoms with E-state index in [0.29, 0.717) is 24.1 Å². The zero-order valence-electron chi connectivity index (χ0n) is 17.2. The van der Waals surface area contributed by atoms with Crippen LogP contribution in [-0.2, 0) is 18.3 Å². The van der Waals surface area contributed by atoms with Crippen LogP contribution in [0.15, 0.2) is 29.3 Å². The SMILES string of the molecule is Cc1nnc(CN=C(NCC(C)Oc2ccc(Cl)cc2)NCC2CCCO2)n1C. The Kier molecular flexibility index (Phi) is 7.71. The largest absolute Gasteiger partial charge is 0.489 e. The van der Waals surface area contributed by atoms with Gasteiger partial charge >= 0.3 is 0 Å². The van der Waals surface area contributed by atoms with Crippen molar-refractivity contribution in [2.75, 3.05) is 19.7 Å². The Morgan fingerprint density at radius 1 is 1.34 bits per heavy atom. The molecule has 2 aromatic rings. The van der Waals surface area contributed by atoms with Crippen molar-refractivity contribution in [3.63, 3.8) is 0 Å². The maximum absolute atomic E-state index is 5.93. The van der Waals surface area contributed by atoms with Gasteiger partial charge in [0, 0.05) is 25.2 Å². The molecule has 0 aliphatic carbocycles. The van der Waals surface area contributed by atoms with Crippen LogP contribution >= 0.6 is 11.6 Å². The van der Waals surface area contributed by atoms with Gasteiger partial charge in [-0.1, -0.05) is 11.6 Å². The maximum Gasteiger partial charge on any atom is 0.191 e. The van der Waals surface area contributed by atoms with Gasteiger partial charge in [0.1, 0.15) is 24.2 Å². The Balaban J connectivity index is 1.56. The molecular formula is C20H29ClN6O2. The zero-order chi connectivity index (χ0) is 20.6. The Hall–Kier alpha value is -2.32. The standard InChI is InChI=1S/C20H29ClN6O2/c1-14(29-17-8-6-16(21)7-9-17)11-22-20(23-12-18-5-4-10-28-18)24-13-19-26-25-15(2)27(19)3/h6-9,14,18H,4-5,10-13H2,1-3H3,(H2,22,23,24). The molecular weight excluding hydrogens is 392 g/mol. The molecule has 29 heavy (non-hydrogen) atoms. The number of hydrogen-bond acceptors (Lipinski definition) is 5. The van der Waals surface area contributed by atoms with E-state index in [1.807, 2.05) is 49.7 Å². The van der Waals surface area contributed by atoms with Gasteiger partial charge in [-0.15, -0.1) is 10.2 Å². The molecule has 0 bridgehead atoms. The molecule has 158 valence electrons. The van der Waals surface area contributed by atoms with Crippen LogP contribution in [0.2, 0.25) is 5.02 Å². The minimum Gasteiger partial charge on any atom is -0.489 e. The number of hydrogen-bond donors (Lipinski definition) is 2. The van der Waals surface area contributed by atoms with E-state index in [4.69, 9.17) is 21.1 Å². The van der Waals surface area contributed by atoms with Gasteiger partial charge in [0.15, 0.2) is 11.8 Å². The van der Waals surface area contributed by atoms with Gasteiger partial charge < -0.3 is 24.7 Å². The van der Waals surface area contributed by atoms with Crippen LogP contribution in [-0.4, -0.2) is 52.6 Å². The predicted molar refractivity (Wildman–Crippen MR) is 113 cm³/mol. The molecule has 0 spiro atoms. The van der Waals surface area contributed by atoms with Gasteiger partial charge in [0.25, 0.3) is 0 Å². The van der Waals surface area contributed by atoms with E-state index in [0.717, 1.165) is 43.4 Å². The highest BCUT2D eigenvalue weighted by Gasteiger charge is 2.16. The van der Waals surface area contributed by atoms with Crippen molar-refractivity contribution in [2.24, 2.45) is 12.0 Å². The van der Waals surface area contributed by atoms with Crippen molar-refractivity contribution in [3.8, 4) is 5.75 Å². The van der Waals surface area contributed by atoms with Gasteiger partial charge in [-0.25, -0.2) is 4.99 Å². The summed E-state index contributed by atoms with van der Waals surface area (Å²) >= 11 is 5.92. The van der Waals surface area contributed by atoms with E-state index in [1.54, 1.807) is 0 Å². The third-order valence-corrected chi connectivity index (χ3v) is 5.04. The number of aryl methyl sites for hydroxylation is 1. The van der Waals surface area contributed by atoms with Crippen molar-refractivity contribution in [1.82, 2.24) is 25.4 Å². The number of nitrogens with one attached hydrogen (secondary N) is 2. The number of nitrogens with zero attached hydrogens (tertiary/aromatic N) is 4. The Bertz CT molecular complexity index is 802. The van der Waals surface area contributed by atoms with Crippen molar-refractivity contribution in [2.45, 2.75) is 45.4 Å². The lowest BCUT2D eigenvalue weighted by atomic mass is 10.2. The van der Waals surface area contributed by atoms with Crippen LogP contribution in [0.1, 0.15) is 31.4 Å². The van der Waals surface area contributed by atoms with Crippen LogP contribution in [0, 0.1) is 6.92 Å². The summed E-state index contributed by atoms with van der Waals surface area (Å²) in [6.45, 7) is 6.51. The van der Waals surface area contributed by atoms with Crippen molar-refractivity contribution >= 4 is 17.6 Å². The average molecular weight is 421 g/mol. The molecule has 1 saturated heterocycles. The van der Waals surface area contributed by atoms with Crippen molar-refractivity contribution in [1.29, 1.82) is 0 Å². The van der Waals surface area contributed by atoms with E-state index in [1.165, 1.54) is 0 Å². The summed E-state index contributed by atoms with van der Waals surface area (Å²) in [6.07, 6.45) is 2.35. The second-order valence-electron chi connectivity index (χ2n) is 7.17. The molecule has 0 radical (unpaired) electrons. The summed E-state index contributed by atoms with van der Waals surface area (Å²) in [5.41, 5.74) is 0. The number of benzene rings is 1. The molecule has 1 aliphatic rings. The van der Waals surface area contributed by atoms with Crippen LogP contribution in [0.3, 0.4) is 0 Å². The van der Waals surface area contributed by atoms with Crippen molar-refractivity contribution < 1.29 is 9.47 Å². The van der Waals surface area contributed by atoms with Gasteiger partial charge in [-0.3, -0.25) is 0 Å². The molecule has 0 saturated carbocycles. The average Bonchev–Trinajstić information content (AvgIpc) is 3.34. The van der Waals surface area contributed by atoms with Gasteiger partial charge in [0.05, 0.1) is 12.6 Å². The molecule has 3 rings (SSSR count). The van der Waals surface area contributed by atoms with E-state index in [2.05, 4.69) is 25.8 Å². The van der Waals surface area contributed by atoms with Crippen LogP contribution in [0.4, 0.5) is 0 Å². The monoisotopic (exact) mass is 420 g/mol. The zero-order valence-corrected chi connectivity index (χ0v) is 17.9. The molecule has 1 aromatic carbocycles. The second kappa shape index (κ2) is 10.5. The van der Waals surface area contributed by atoms with Gasteiger partial charge in [-0.2, -0.15) is 0 Å². The van der Waals surface area contributed by atoms with E-state index in [9.17, 15) is 0 Å². The molecule has 1 aliphatic heterocycles. The highest BCUT2D eigenvalue weighted by Crippen LogP contribution is 2.16. The minimum absolute atomic E-state index is 0.0528. The fourth-order valence-electron chi connectivity index (χ4n) is 2.96. The topological polar surface area (TPSA) is 85.6 Å². The van der Waals surface area contributed by atoms with E-state index >= 15 is 0 Å². The Morgan fingerprint density at radius 3 is 2.79 bits per heavy atom. The maximum atomic E-state index is 5.93. The first kappa shape index (κ1) is 21.4. The van der Waals surface area contributed by atoms with Gasteiger partial charge in [0.2, 0.25) is 0 Å². The second-order valence-corrected chi connectivity index (χ2v) is 7.60.